The van der Waals surface area contributed by atoms with Crippen molar-refractivity contribution >= 4 is 33.2 Å². The second-order valence-electron chi connectivity index (χ2n) is 4.79. The second-order valence-corrected chi connectivity index (χ2v) is 6.80. The Morgan fingerprint density at radius 1 is 1.14 bits per heavy atom. The van der Waals surface area contributed by atoms with Crippen molar-refractivity contribution in [3.05, 3.63) is 65.3 Å². The molecule has 3 aromatic rings. The predicted octanol–water partition coefficient (Wildman–Crippen LogP) is 5.09. The number of benzene rings is 2. The normalized spacial score (nSPS) is 12.7. The monoisotopic (exact) mass is 317 g/mol. The number of hydrogen-bond donors (Lipinski definition) is 1. The van der Waals surface area contributed by atoms with Gasteiger partial charge in [0, 0.05) is 21.4 Å². The molecule has 1 N–H and O–H groups in total. The third kappa shape index (κ3) is 3.28. The zero-order chi connectivity index (χ0) is 14.7. The number of rotatable bonds is 5. The molecule has 0 bridgehead atoms. The molecular formula is C17H16FNS2. The van der Waals surface area contributed by atoms with Gasteiger partial charge in [0.25, 0.3) is 0 Å². The molecule has 0 saturated heterocycles. The maximum absolute atomic E-state index is 12.9. The molecule has 1 nitrogen and oxygen atoms in total. The number of nitrogens with one attached hydrogen (secondary N) is 1. The van der Waals surface area contributed by atoms with Crippen LogP contribution in [0.15, 0.2) is 58.8 Å². The molecule has 21 heavy (non-hydrogen) atoms. The van der Waals surface area contributed by atoms with E-state index in [1.54, 1.807) is 23.1 Å². The number of thiophene rings is 1. The highest BCUT2D eigenvalue weighted by Gasteiger charge is 2.13. The van der Waals surface area contributed by atoms with Crippen molar-refractivity contribution in [2.24, 2.45) is 0 Å². The van der Waals surface area contributed by atoms with Crippen molar-refractivity contribution in [3.8, 4) is 0 Å². The molecule has 1 heterocycles. The van der Waals surface area contributed by atoms with Crippen LogP contribution in [0.2, 0.25) is 0 Å². The summed E-state index contributed by atoms with van der Waals surface area (Å²) in [5.41, 5.74) is 1.33. The first-order valence-electron chi connectivity index (χ1n) is 6.79. The van der Waals surface area contributed by atoms with Crippen molar-refractivity contribution in [1.29, 1.82) is 0 Å². The third-order valence-corrected chi connectivity index (χ3v) is 5.55. The van der Waals surface area contributed by atoms with Crippen molar-refractivity contribution in [1.82, 2.24) is 5.32 Å². The minimum Gasteiger partial charge on any atom is -0.312 e. The van der Waals surface area contributed by atoms with Crippen LogP contribution in [0.4, 0.5) is 4.39 Å². The summed E-state index contributed by atoms with van der Waals surface area (Å²) in [6, 6.07) is 15.6. The number of fused-ring (bicyclic) bond motifs is 1. The highest BCUT2D eigenvalue weighted by Crippen LogP contribution is 2.32. The SMILES string of the molecule is CNC(CSc1ccc(F)cc1)c1cccc2ccsc12. The van der Waals surface area contributed by atoms with E-state index in [9.17, 15) is 4.39 Å². The van der Waals surface area contributed by atoms with Gasteiger partial charge in [-0.2, -0.15) is 0 Å². The van der Waals surface area contributed by atoms with E-state index in [1.165, 1.54) is 27.8 Å². The van der Waals surface area contributed by atoms with E-state index in [0.29, 0.717) is 0 Å². The fourth-order valence-electron chi connectivity index (χ4n) is 2.33. The molecule has 0 amide bonds. The van der Waals surface area contributed by atoms with Crippen LogP contribution in [0.3, 0.4) is 0 Å². The molecule has 108 valence electrons. The summed E-state index contributed by atoms with van der Waals surface area (Å²) in [6.45, 7) is 0. The molecule has 0 aliphatic rings. The van der Waals surface area contributed by atoms with Crippen molar-refractivity contribution in [2.75, 3.05) is 12.8 Å². The highest BCUT2D eigenvalue weighted by atomic mass is 32.2. The van der Waals surface area contributed by atoms with Gasteiger partial charge in [-0.3, -0.25) is 0 Å². The fraction of sp³-hybridized carbons (Fsp3) is 0.176. The summed E-state index contributed by atoms with van der Waals surface area (Å²) in [4.78, 5) is 1.09. The van der Waals surface area contributed by atoms with E-state index in [1.807, 2.05) is 19.2 Å². The maximum Gasteiger partial charge on any atom is 0.123 e. The largest absolute Gasteiger partial charge is 0.312 e. The predicted molar refractivity (Wildman–Crippen MR) is 90.7 cm³/mol. The molecule has 0 spiro atoms. The Morgan fingerprint density at radius 2 is 1.95 bits per heavy atom. The Morgan fingerprint density at radius 3 is 2.71 bits per heavy atom. The smallest absolute Gasteiger partial charge is 0.123 e. The first-order valence-corrected chi connectivity index (χ1v) is 8.66. The van der Waals surface area contributed by atoms with Crippen LogP contribution in [0, 0.1) is 5.82 Å². The summed E-state index contributed by atoms with van der Waals surface area (Å²) in [6.07, 6.45) is 0. The van der Waals surface area contributed by atoms with Gasteiger partial charge in [0.15, 0.2) is 0 Å². The molecule has 0 aliphatic heterocycles. The molecule has 0 radical (unpaired) electrons. The topological polar surface area (TPSA) is 12.0 Å². The van der Waals surface area contributed by atoms with Gasteiger partial charge in [-0.15, -0.1) is 23.1 Å². The van der Waals surface area contributed by atoms with Gasteiger partial charge in [0.1, 0.15) is 5.82 Å². The van der Waals surface area contributed by atoms with Crippen LogP contribution < -0.4 is 5.32 Å². The van der Waals surface area contributed by atoms with Crippen molar-refractivity contribution < 1.29 is 4.39 Å². The van der Waals surface area contributed by atoms with Crippen LogP contribution in [0.1, 0.15) is 11.6 Å². The van der Waals surface area contributed by atoms with E-state index in [2.05, 4.69) is 35.0 Å². The fourth-order valence-corrected chi connectivity index (χ4v) is 4.33. The minimum atomic E-state index is -0.187. The van der Waals surface area contributed by atoms with Gasteiger partial charge in [-0.25, -0.2) is 4.39 Å². The summed E-state index contributed by atoms with van der Waals surface area (Å²) in [5.74, 6) is 0.729. The molecule has 0 fully saturated rings. The molecule has 1 unspecified atom stereocenters. The van der Waals surface area contributed by atoms with Gasteiger partial charge >= 0.3 is 0 Å². The van der Waals surface area contributed by atoms with Gasteiger partial charge < -0.3 is 5.32 Å². The Bertz CT molecular complexity index is 721. The number of hydrogen-bond acceptors (Lipinski definition) is 3. The highest BCUT2D eigenvalue weighted by molar-refractivity contribution is 7.99. The van der Waals surface area contributed by atoms with Crippen molar-refractivity contribution in [2.45, 2.75) is 10.9 Å². The van der Waals surface area contributed by atoms with Crippen LogP contribution in [0.25, 0.3) is 10.1 Å². The molecule has 3 rings (SSSR count). The van der Waals surface area contributed by atoms with Crippen LogP contribution in [-0.4, -0.2) is 12.8 Å². The molecule has 1 aromatic heterocycles. The Kier molecular flexibility index (Phi) is 4.58. The lowest BCUT2D eigenvalue weighted by molar-refractivity contribution is 0.626. The minimum absolute atomic E-state index is 0.187. The quantitative estimate of drug-likeness (QED) is 0.658. The Labute approximate surface area is 132 Å². The second kappa shape index (κ2) is 6.60. The summed E-state index contributed by atoms with van der Waals surface area (Å²) in [5, 5.41) is 6.82. The third-order valence-electron chi connectivity index (χ3n) is 3.46. The summed E-state index contributed by atoms with van der Waals surface area (Å²) >= 11 is 3.53. The Hall–Kier alpha value is -1.36. The van der Waals surface area contributed by atoms with Gasteiger partial charge in [0.2, 0.25) is 0 Å². The number of thioether (sulfide) groups is 1. The first-order chi connectivity index (χ1) is 10.3. The Balaban J connectivity index is 1.79. The standard InChI is InChI=1S/C17H16FNS2/c1-19-16(11-21-14-7-5-13(18)6-8-14)15-4-2-3-12-9-10-20-17(12)15/h2-10,16,19H,11H2,1H3. The lowest BCUT2D eigenvalue weighted by Crippen LogP contribution is -2.18. The molecule has 0 aliphatic carbocycles. The van der Waals surface area contributed by atoms with E-state index in [0.717, 1.165) is 10.6 Å². The zero-order valence-electron chi connectivity index (χ0n) is 11.7. The van der Waals surface area contributed by atoms with Crippen LogP contribution in [-0.2, 0) is 0 Å². The lowest BCUT2D eigenvalue weighted by Gasteiger charge is -2.17. The summed E-state index contributed by atoms with van der Waals surface area (Å²) in [7, 11) is 1.99. The van der Waals surface area contributed by atoms with E-state index < -0.39 is 0 Å². The molecular weight excluding hydrogens is 301 g/mol. The first kappa shape index (κ1) is 14.6. The van der Waals surface area contributed by atoms with Gasteiger partial charge in [-0.05, 0) is 53.7 Å². The van der Waals surface area contributed by atoms with Crippen molar-refractivity contribution in [3.63, 3.8) is 0 Å². The van der Waals surface area contributed by atoms with Gasteiger partial charge in [-0.1, -0.05) is 18.2 Å². The molecule has 0 saturated carbocycles. The van der Waals surface area contributed by atoms with Crippen LogP contribution >= 0.6 is 23.1 Å². The van der Waals surface area contributed by atoms with E-state index >= 15 is 0 Å². The van der Waals surface area contributed by atoms with Gasteiger partial charge in [0.05, 0.1) is 0 Å². The molecule has 4 heteroatoms. The molecule has 2 aromatic carbocycles. The lowest BCUT2D eigenvalue weighted by atomic mass is 10.1. The maximum atomic E-state index is 12.9. The average molecular weight is 317 g/mol. The van der Waals surface area contributed by atoms with E-state index in [-0.39, 0.29) is 11.9 Å². The van der Waals surface area contributed by atoms with E-state index in [4.69, 9.17) is 0 Å². The average Bonchev–Trinajstić information content (AvgIpc) is 2.99. The van der Waals surface area contributed by atoms with Crippen LogP contribution in [0.5, 0.6) is 0 Å². The summed E-state index contributed by atoms with van der Waals surface area (Å²) < 4.78 is 14.3. The zero-order valence-corrected chi connectivity index (χ0v) is 13.3. The number of halogens is 1. The molecule has 1 atom stereocenters.